The second-order valence-corrected chi connectivity index (χ2v) is 46.6. The van der Waals surface area contributed by atoms with Crippen molar-refractivity contribution >= 4 is 266 Å². The third kappa shape index (κ3) is 23.3. The summed E-state index contributed by atoms with van der Waals surface area (Å²) in [5.41, 5.74) is 6.74. The molecule has 0 aliphatic carbocycles. The molecular formula is C73H68Cl3N7O19S15-2. The number of sulfonamides is 1. The van der Waals surface area contributed by atoms with Gasteiger partial charge in [0, 0.05) is 101 Å². The van der Waals surface area contributed by atoms with Gasteiger partial charge in [0.1, 0.15) is 42.3 Å². The lowest BCUT2D eigenvalue weighted by Crippen LogP contribution is -2.43. The first-order valence-electron chi connectivity index (χ1n) is 34.9. The fraction of sp³-hybridized carbons (Fsp3) is 0.247. The van der Waals surface area contributed by atoms with E-state index in [1.807, 2.05) is 92.9 Å². The molecule has 0 amide bonds. The van der Waals surface area contributed by atoms with Gasteiger partial charge in [-0.25, -0.2) is 50.5 Å². The predicted octanol–water partition coefficient (Wildman–Crippen LogP) is 14.1. The minimum absolute atomic E-state index is 0.0696. The molecule has 117 heavy (non-hydrogen) atoms. The number of hydrogen-bond acceptors (Lipinski definition) is 30. The number of aryl methyl sites for hydroxylation is 3. The number of rotatable bonds is 28. The van der Waals surface area contributed by atoms with Crippen molar-refractivity contribution in [2.45, 2.75) is 94.5 Å². The molecule has 0 saturated carbocycles. The lowest BCUT2D eigenvalue weighted by atomic mass is 10.1. The average molecular weight is 1930 g/mol. The molecule has 3 aliphatic rings. The molecule has 622 valence electrons. The van der Waals surface area contributed by atoms with E-state index in [9.17, 15) is 77.5 Å². The number of fused-ring (bicyclic) bond motifs is 6. The average Bonchev–Trinajstić information content (AvgIpc) is 1.63. The number of thiol groups is 1. The van der Waals surface area contributed by atoms with Crippen molar-refractivity contribution in [3.05, 3.63) is 202 Å². The van der Waals surface area contributed by atoms with Gasteiger partial charge in [0.15, 0.2) is 13.1 Å². The summed E-state index contributed by atoms with van der Waals surface area (Å²) in [6.45, 7) is 5.59. The van der Waals surface area contributed by atoms with Gasteiger partial charge in [-0.05, 0) is 154 Å². The second-order valence-electron chi connectivity index (χ2n) is 26.6. The fourth-order valence-corrected chi connectivity index (χ4v) is 24.8. The molecule has 0 radical (unpaired) electrons. The first-order chi connectivity index (χ1) is 55.0. The SMILES string of the molecule is CC(CN1C(=Cc2sc3ccc(Cl)cc3[n+]2CC(C)S(=O)(=O)[O-])Sc2ccc(Cl)cc21)S(=O)(=O)[O-].C[n+]1c(C=C2Sc3ccc(Cl)cc3N2CCCCS(=O)(=O)[O-])sc2ccc(S(=O)(=O)NS(=O)Oc3ccccc3)cc21.Cc1cc2c(cc1S)sc(C=C1Sc3ccc(-c4cccs4)cc3N1CCCS(=O)(=O)[O-])[n+]2CCCS(=O)(=O)[O-]. The number of para-hydroxylation sites is 1. The summed E-state index contributed by atoms with van der Waals surface area (Å²) in [5.74, 6) is -1.09. The van der Waals surface area contributed by atoms with E-state index >= 15 is 0 Å². The number of hydrogen-bond donors (Lipinski definition) is 2. The van der Waals surface area contributed by atoms with Crippen LogP contribution in [0.15, 0.2) is 191 Å². The van der Waals surface area contributed by atoms with Gasteiger partial charge >= 0.3 is 11.3 Å². The van der Waals surface area contributed by atoms with Crippen molar-refractivity contribution in [1.82, 2.24) is 4.13 Å². The molecule has 11 aromatic rings. The highest BCUT2D eigenvalue weighted by Gasteiger charge is 2.35. The van der Waals surface area contributed by atoms with Crippen molar-refractivity contribution in [2.24, 2.45) is 7.05 Å². The highest BCUT2D eigenvalue weighted by Crippen LogP contribution is 2.52. The Hall–Kier alpha value is -5.79. The zero-order valence-electron chi connectivity index (χ0n) is 61.5. The molecule has 0 spiro atoms. The van der Waals surface area contributed by atoms with Crippen molar-refractivity contribution < 1.29 is 95.4 Å². The first kappa shape index (κ1) is 90.4. The van der Waals surface area contributed by atoms with Crippen LogP contribution in [0.25, 0.3) is 59.3 Å². The summed E-state index contributed by atoms with van der Waals surface area (Å²) in [6.07, 6.45) is 6.82. The van der Waals surface area contributed by atoms with Crippen LogP contribution in [0, 0.1) is 6.92 Å². The van der Waals surface area contributed by atoms with Crippen molar-refractivity contribution in [1.29, 1.82) is 0 Å². The van der Waals surface area contributed by atoms with Crippen LogP contribution < -0.4 is 36.7 Å². The number of aromatic nitrogens is 3. The number of unbranched alkanes of at least 4 members (excludes halogenated alkanes) is 1. The molecule has 14 rings (SSSR count). The van der Waals surface area contributed by atoms with Crippen LogP contribution >= 0.6 is 128 Å². The van der Waals surface area contributed by atoms with Crippen molar-refractivity contribution in [3.8, 4) is 16.2 Å². The van der Waals surface area contributed by atoms with Crippen LogP contribution in [0.4, 0.5) is 17.1 Å². The number of halogens is 3. The Morgan fingerprint density at radius 3 is 1.64 bits per heavy atom. The largest absolute Gasteiger partial charge is 0.748 e. The fourth-order valence-electron chi connectivity index (χ4n) is 12.3. The van der Waals surface area contributed by atoms with Crippen LogP contribution in [0.3, 0.4) is 0 Å². The predicted molar refractivity (Wildman–Crippen MR) is 466 cm³/mol. The van der Waals surface area contributed by atoms with Crippen LogP contribution in [0.5, 0.6) is 5.75 Å². The Morgan fingerprint density at radius 2 is 1.03 bits per heavy atom. The number of thiophene rings is 1. The van der Waals surface area contributed by atoms with Crippen LogP contribution in [0.2, 0.25) is 15.1 Å². The quantitative estimate of drug-likeness (QED) is 0.0199. The van der Waals surface area contributed by atoms with Crippen molar-refractivity contribution in [3.63, 3.8) is 0 Å². The molecule has 26 nitrogen and oxygen atoms in total. The number of thiazole rings is 3. The molecule has 7 heterocycles. The van der Waals surface area contributed by atoms with Gasteiger partial charge in [-0.3, -0.25) is 0 Å². The maximum Gasteiger partial charge on any atom is 0.302 e. The molecule has 0 fully saturated rings. The Kier molecular flexibility index (Phi) is 29.0. The molecule has 3 atom stereocenters. The molecule has 0 saturated heterocycles. The highest BCUT2D eigenvalue weighted by atomic mass is 35.5. The van der Waals surface area contributed by atoms with Crippen LogP contribution in [0.1, 0.15) is 60.1 Å². The van der Waals surface area contributed by atoms with E-state index < -0.39 is 99.6 Å². The Bertz CT molecular complexity index is 6510. The summed E-state index contributed by atoms with van der Waals surface area (Å²) in [6, 6.07) is 43.0. The van der Waals surface area contributed by atoms with Gasteiger partial charge in [0.2, 0.25) is 16.6 Å². The summed E-state index contributed by atoms with van der Waals surface area (Å²) in [7, 11) is -24.4. The molecule has 0 bridgehead atoms. The maximum atomic E-state index is 13.0. The standard InChI is InChI=1S/C26H24ClN3O7S5.C26H26N2O6S6.C21H20Cl2N2O6S4/c1-29-21-16-20(42(35,36)28-40(31)37-19-7-3-2-4-8-19)10-12-23(21)38-25(29)17-26-30(13-5-6-14-41(32,33)34)22-15-18(27)9-11-24(22)39-26;1-17-13-19-24(15-21(17)35)38-26(27(19)8-3-11-39(29,30)31)16-25-28(9-4-12-40(32,33)34)20-14-18(6-7-23(20)37-25)22-5-2-10-36-22;1-12(34(26,27)28)10-24-16-7-14(22)3-5-18(16)32-20(24)9-21-25(11-13(2)35(29,30)31)17-8-15(23)4-6-19(17)33-21/h2-4,7-12,15-17,28H,5-6,13-14H2,1H3;2,5-7,10,13-16H,3-4,8-9,11-12H2,1H3,(H2-,29,30,31,32,33,34,35);3-9,12-13H,10-11H2,1-2H3,(H-,26,27,28,29,30,31)/p-2. The van der Waals surface area contributed by atoms with Crippen molar-refractivity contribution in [2.75, 3.05) is 51.6 Å². The molecule has 44 heteroatoms. The molecule has 7 aromatic carbocycles. The van der Waals surface area contributed by atoms with Crippen LogP contribution in [-0.4, -0.2) is 125 Å². The smallest absolute Gasteiger partial charge is 0.302 e. The Balaban J connectivity index is 0.000000162. The first-order valence-corrected chi connectivity index (χ1v) is 52.5. The third-order valence-corrected chi connectivity index (χ3v) is 34.2. The van der Waals surface area contributed by atoms with Crippen LogP contribution in [-0.2, 0) is 92.0 Å². The number of nitrogens with one attached hydrogen (secondary N) is 1. The zero-order chi connectivity index (χ0) is 84.4. The van der Waals surface area contributed by atoms with E-state index in [-0.39, 0.29) is 43.0 Å². The lowest BCUT2D eigenvalue weighted by Gasteiger charge is -2.25. The number of benzene rings is 7. The molecule has 4 aromatic heterocycles. The number of thioether (sulfide) groups is 3. The van der Waals surface area contributed by atoms with E-state index in [1.165, 1.54) is 83.5 Å². The second kappa shape index (κ2) is 37.5. The van der Waals surface area contributed by atoms with Gasteiger partial charge in [0.05, 0.1) is 101 Å². The van der Waals surface area contributed by atoms with Gasteiger partial charge in [0.25, 0.3) is 25.0 Å². The lowest BCUT2D eigenvalue weighted by molar-refractivity contribution is -0.668. The monoisotopic (exact) mass is 1930 g/mol. The van der Waals surface area contributed by atoms with Gasteiger partial charge in [-0.15, -0.1) is 24.0 Å². The number of anilines is 3. The highest BCUT2D eigenvalue weighted by molar-refractivity contribution is 8.04. The van der Waals surface area contributed by atoms with E-state index in [2.05, 4.69) is 28.9 Å². The summed E-state index contributed by atoms with van der Waals surface area (Å²) in [4.78, 5) is 10.5. The molecule has 3 aliphatic heterocycles. The summed E-state index contributed by atoms with van der Waals surface area (Å²) < 4.78 is 225. The maximum absolute atomic E-state index is 13.0. The Labute approximate surface area is 728 Å². The third-order valence-electron chi connectivity index (χ3n) is 18.1. The van der Waals surface area contributed by atoms with Gasteiger partial charge < -0.3 is 41.6 Å². The Morgan fingerprint density at radius 1 is 0.530 bits per heavy atom. The minimum Gasteiger partial charge on any atom is -0.748 e. The van der Waals surface area contributed by atoms with E-state index in [0.717, 1.165) is 86.7 Å². The molecular weight excluding hydrogens is 1870 g/mol. The zero-order valence-corrected chi connectivity index (χ0v) is 76.1. The van der Waals surface area contributed by atoms with Gasteiger partial charge in [-0.1, -0.05) is 139 Å². The van der Waals surface area contributed by atoms with E-state index in [4.69, 9.17) is 39.0 Å². The minimum atomic E-state index is -4.54. The molecule has 1 N–H and O–H groups in total. The number of nitrogens with zero attached hydrogens (tertiary/aromatic N) is 6. The summed E-state index contributed by atoms with van der Waals surface area (Å²) >= 11 is 31.3. The topological polar surface area (TPSA) is 380 Å². The normalized spacial score (nSPS) is 15.7. The van der Waals surface area contributed by atoms with E-state index in [1.54, 1.807) is 118 Å². The molecule has 3 unspecified atom stereocenters. The summed E-state index contributed by atoms with van der Waals surface area (Å²) in [5, 5.41) is 5.76. The van der Waals surface area contributed by atoms with Gasteiger partial charge in [-0.2, -0.15) is 17.9 Å². The van der Waals surface area contributed by atoms with E-state index in [0.29, 0.717) is 67.9 Å².